The van der Waals surface area contributed by atoms with E-state index in [1.54, 1.807) is 15.8 Å². The van der Waals surface area contributed by atoms with E-state index in [9.17, 15) is 0 Å². The summed E-state index contributed by atoms with van der Waals surface area (Å²) in [6.45, 7) is 0.521. The minimum Gasteiger partial charge on any atom is -0.376 e. The first-order valence-corrected chi connectivity index (χ1v) is 5.54. The monoisotopic (exact) mass is 247 g/mol. The van der Waals surface area contributed by atoms with Gasteiger partial charge in [0, 0.05) is 25.5 Å². The summed E-state index contributed by atoms with van der Waals surface area (Å²) in [5.41, 5.74) is 6.60. The van der Waals surface area contributed by atoms with Crippen LogP contribution in [0.1, 0.15) is 5.69 Å². The lowest BCUT2D eigenvalue weighted by Gasteiger charge is -2.19. The highest BCUT2D eigenvalue weighted by atomic mass is 32.1. The van der Waals surface area contributed by atoms with E-state index in [0.29, 0.717) is 6.54 Å². The third-order valence-corrected chi connectivity index (χ3v) is 2.51. The molecule has 2 aromatic rings. The summed E-state index contributed by atoms with van der Waals surface area (Å²) >= 11 is 5.03. The second-order valence-electron chi connectivity index (χ2n) is 3.59. The lowest BCUT2D eigenvalue weighted by Crippen LogP contribution is -2.35. The average Bonchev–Trinajstić information content (AvgIpc) is 2.73. The molecule has 0 saturated heterocycles. The van der Waals surface area contributed by atoms with E-state index in [0.717, 1.165) is 11.5 Å². The maximum atomic E-state index is 5.71. The summed E-state index contributed by atoms with van der Waals surface area (Å²) in [7, 11) is 1.85. The van der Waals surface area contributed by atoms with Gasteiger partial charge in [0.05, 0.1) is 12.2 Å². The first-order chi connectivity index (χ1) is 8.16. The summed E-state index contributed by atoms with van der Waals surface area (Å²) < 4.78 is 1.71. The average molecular weight is 247 g/mol. The second kappa shape index (κ2) is 4.92. The molecule has 0 radical (unpaired) electrons. The topological polar surface area (TPSA) is 60.0 Å². The number of anilines is 1. The van der Waals surface area contributed by atoms with Gasteiger partial charge in [0.2, 0.25) is 0 Å². The maximum absolute atomic E-state index is 5.71. The maximum Gasteiger partial charge on any atom is 0.172 e. The summed E-state index contributed by atoms with van der Waals surface area (Å²) in [5.74, 6) is 0.727. The van der Waals surface area contributed by atoms with Crippen molar-refractivity contribution in [1.29, 1.82) is 0 Å². The van der Waals surface area contributed by atoms with E-state index in [2.05, 4.69) is 10.1 Å². The van der Waals surface area contributed by atoms with Crippen molar-refractivity contribution in [3.05, 3.63) is 42.4 Å². The summed E-state index contributed by atoms with van der Waals surface area (Å²) in [6.07, 6.45) is 3.59. The minimum absolute atomic E-state index is 0.286. The number of rotatable bonds is 3. The number of aryl methyl sites for hydroxylation is 1. The van der Waals surface area contributed by atoms with Crippen LogP contribution in [0, 0.1) is 0 Å². The van der Waals surface area contributed by atoms with Gasteiger partial charge in [0.25, 0.3) is 0 Å². The predicted octanol–water partition coefficient (Wildman–Crippen LogP) is 1.07. The molecular formula is C11H13N5S. The third kappa shape index (κ3) is 2.79. The van der Waals surface area contributed by atoms with Crippen LogP contribution >= 0.6 is 12.2 Å². The van der Waals surface area contributed by atoms with Crippen LogP contribution in [0.25, 0.3) is 0 Å². The van der Waals surface area contributed by atoms with E-state index < -0.39 is 0 Å². The Hall–Kier alpha value is -1.95. The number of hydrogen-bond donors (Lipinski definition) is 1. The number of aromatic nitrogens is 3. The Labute approximate surface area is 105 Å². The lowest BCUT2D eigenvalue weighted by molar-refractivity contribution is 0.759. The van der Waals surface area contributed by atoms with Gasteiger partial charge < -0.3 is 5.73 Å². The molecule has 17 heavy (non-hydrogen) atoms. The molecule has 2 aromatic heterocycles. The Balaban J connectivity index is 2.22. The van der Waals surface area contributed by atoms with Crippen molar-refractivity contribution in [1.82, 2.24) is 14.8 Å². The SMILES string of the molecule is Cn1ccc(N(Cc2ccccn2)C(N)=S)n1. The van der Waals surface area contributed by atoms with Crippen LogP contribution in [0.5, 0.6) is 0 Å². The standard InChI is InChI=1S/C11H13N5S/c1-15-7-5-10(14-15)16(11(12)17)8-9-4-2-3-6-13-9/h2-7H,8H2,1H3,(H2,12,17). The Bertz CT molecular complexity index is 508. The first kappa shape index (κ1) is 11.5. The summed E-state index contributed by atoms with van der Waals surface area (Å²) in [6, 6.07) is 7.59. The molecule has 5 nitrogen and oxygen atoms in total. The molecule has 0 bridgehead atoms. The third-order valence-electron chi connectivity index (χ3n) is 2.29. The molecule has 0 amide bonds. The van der Waals surface area contributed by atoms with E-state index in [1.807, 2.05) is 37.5 Å². The van der Waals surface area contributed by atoms with Gasteiger partial charge in [0.15, 0.2) is 10.9 Å². The molecule has 0 spiro atoms. The van der Waals surface area contributed by atoms with Crippen LogP contribution in [-0.2, 0) is 13.6 Å². The molecule has 2 N–H and O–H groups in total. The van der Waals surface area contributed by atoms with Crippen LogP contribution in [-0.4, -0.2) is 19.9 Å². The highest BCUT2D eigenvalue weighted by Crippen LogP contribution is 2.13. The van der Waals surface area contributed by atoms with Gasteiger partial charge in [-0.05, 0) is 24.4 Å². The van der Waals surface area contributed by atoms with Crippen LogP contribution in [0.2, 0.25) is 0 Å². The molecule has 0 aromatic carbocycles. The van der Waals surface area contributed by atoms with Gasteiger partial charge in [0.1, 0.15) is 0 Å². The lowest BCUT2D eigenvalue weighted by atomic mass is 10.3. The van der Waals surface area contributed by atoms with Gasteiger partial charge in [-0.1, -0.05) is 6.07 Å². The second-order valence-corrected chi connectivity index (χ2v) is 4.01. The van der Waals surface area contributed by atoms with Crippen molar-refractivity contribution in [2.45, 2.75) is 6.54 Å². The molecule has 0 fully saturated rings. The van der Waals surface area contributed by atoms with Gasteiger partial charge >= 0.3 is 0 Å². The molecule has 0 unspecified atom stereocenters. The largest absolute Gasteiger partial charge is 0.376 e. The Kier molecular flexibility index (Phi) is 3.34. The van der Waals surface area contributed by atoms with Crippen molar-refractivity contribution >= 4 is 23.1 Å². The zero-order valence-corrected chi connectivity index (χ0v) is 10.3. The first-order valence-electron chi connectivity index (χ1n) is 5.13. The number of nitrogens with zero attached hydrogens (tertiary/aromatic N) is 4. The molecule has 2 rings (SSSR count). The van der Waals surface area contributed by atoms with Crippen molar-refractivity contribution in [3.8, 4) is 0 Å². The molecular weight excluding hydrogens is 234 g/mol. The summed E-state index contributed by atoms with van der Waals surface area (Å²) in [4.78, 5) is 5.99. The van der Waals surface area contributed by atoms with Crippen molar-refractivity contribution < 1.29 is 0 Å². The predicted molar refractivity (Wildman–Crippen MR) is 70.4 cm³/mol. The Morgan fingerprint density at radius 1 is 1.47 bits per heavy atom. The quantitative estimate of drug-likeness (QED) is 0.822. The van der Waals surface area contributed by atoms with E-state index in [1.165, 1.54) is 0 Å². The zero-order chi connectivity index (χ0) is 12.3. The van der Waals surface area contributed by atoms with E-state index in [4.69, 9.17) is 18.0 Å². The van der Waals surface area contributed by atoms with Crippen LogP contribution in [0.4, 0.5) is 5.82 Å². The number of thiocarbonyl (C=S) groups is 1. The highest BCUT2D eigenvalue weighted by Gasteiger charge is 2.13. The molecule has 88 valence electrons. The van der Waals surface area contributed by atoms with Gasteiger partial charge in [-0.2, -0.15) is 5.10 Å². The molecule has 0 aliphatic rings. The molecule has 6 heteroatoms. The molecule has 0 aliphatic heterocycles. The van der Waals surface area contributed by atoms with Crippen molar-refractivity contribution in [2.75, 3.05) is 4.90 Å². The minimum atomic E-state index is 0.286. The number of nitrogens with two attached hydrogens (primary N) is 1. The fraction of sp³-hybridized carbons (Fsp3) is 0.182. The normalized spacial score (nSPS) is 10.2. The molecule has 0 saturated carbocycles. The van der Waals surface area contributed by atoms with Gasteiger partial charge in [-0.3, -0.25) is 14.6 Å². The zero-order valence-electron chi connectivity index (χ0n) is 9.45. The smallest absolute Gasteiger partial charge is 0.172 e. The van der Waals surface area contributed by atoms with Crippen LogP contribution in [0.3, 0.4) is 0 Å². The fourth-order valence-electron chi connectivity index (χ4n) is 1.47. The van der Waals surface area contributed by atoms with Crippen molar-refractivity contribution in [3.63, 3.8) is 0 Å². The van der Waals surface area contributed by atoms with Crippen LogP contribution < -0.4 is 10.6 Å². The van der Waals surface area contributed by atoms with Crippen molar-refractivity contribution in [2.24, 2.45) is 12.8 Å². The fourth-order valence-corrected chi connectivity index (χ4v) is 1.63. The van der Waals surface area contributed by atoms with Crippen LogP contribution in [0.15, 0.2) is 36.7 Å². The number of hydrogen-bond acceptors (Lipinski definition) is 3. The van der Waals surface area contributed by atoms with E-state index in [-0.39, 0.29) is 5.11 Å². The Morgan fingerprint density at radius 2 is 2.29 bits per heavy atom. The Morgan fingerprint density at radius 3 is 2.82 bits per heavy atom. The van der Waals surface area contributed by atoms with Gasteiger partial charge in [-0.25, -0.2) is 0 Å². The molecule has 2 heterocycles. The number of pyridine rings is 1. The summed E-state index contributed by atoms with van der Waals surface area (Å²) in [5, 5.41) is 4.56. The van der Waals surface area contributed by atoms with Gasteiger partial charge in [-0.15, -0.1) is 0 Å². The molecule has 0 aliphatic carbocycles. The molecule has 0 atom stereocenters. The highest BCUT2D eigenvalue weighted by molar-refractivity contribution is 7.80. The van der Waals surface area contributed by atoms with E-state index >= 15 is 0 Å².